The number of hydrogen-bond donors (Lipinski definition) is 1. The zero-order valence-electron chi connectivity index (χ0n) is 7.67. The van der Waals surface area contributed by atoms with Crippen LogP contribution in [0.25, 0.3) is 0 Å². The number of benzene rings is 1. The number of nitrogens with two attached hydrogens (primary N) is 1. The fourth-order valence-electron chi connectivity index (χ4n) is 1.23. The highest BCUT2D eigenvalue weighted by Crippen LogP contribution is 2.30. The van der Waals surface area contributed by atoms with Crippen LogP contribution >= 0.6 is 11.6 Å². The van der Waals surface area contributed by atoms with E-state index in [0.717, 1.165) is 11.1 Å². The first-order valence-electron chi connectivity index (χ1n) is 4.01. The Morgan fingerprint density at radius 1 is 1.46 bits per heavy atom. The average molecular weight is 198 g/mol. The standard InChI is InChI=1S/C10H12ClNO/c1-7-5-3-4-6-8(7)10(2,11)9(12)13/h3-6H,1-2H3,(H2,12,13). The maximum Gasteiger partial charge on any atom is 0.242 e. The van der Waals surface area contributed by atoms with E-state index in [1.165, 1.54) is 0 Å². The smallest absolute Gasteiger partial charge is 0.242 e. The molecular weight excluding hydrogens is 186 g/mol. The van der Waals surface area contributed by atoms with Crippen molar-refractivity contribution in [3.8, 4) is 0 Å². The third kappa shape index (κ3) is 1.83. The third-order valence-electron chi connectivity index (χ3n) is 2.11. The van der Waals surface area contributed by atoms with E-state index in [-0.39, 0.29) is 0 Å². The Kier molecular flexibility index (Phi) is 2.62. The lowest BCUT2D eigenvalue weighted by atomic mass is 9.95. The van der Waals surface area contributed by atoms with Gasteiger partial charge in [-0.25, -0.2) is 0 Å². The number of hydrogen-bond acceptors (Lipinski definition) is 1. The first-order valence-corrected chi connectivity index (χ1v) is 4.39. The maximum atomic E-state index is 11.1. The molecule has 0 aliphatic heterocycles. The minimum absolute atomic E-state index is 0.525. The monoisotopic (exact) mass is 197 g/mol. The van der Waals surface area contributed by atoms with E-state index in [9.17, 15) is 4.79 Å². The second-order valence-electron chi connectivity index (χ2n) is 3.18. The van der Waals surface area contributed by atoms with E-state index in [1.54, 1.807) is 6.92 Å². The van der Waals surface area contributed by atoms with Gasteiger partial charge >= 0.3 is 0 Å². The van der Waals surface area contributed by atoms with Crippen molar-refractivity contribution in [2.75, 3.05) is 0 Å². The molecule has 0 aliphatic rings. The number of rotatable bonds is 2. The molecule has 3 heteroatoms. The van der Waals surface area contributed by atoms with Crippen LogP contribution in [-0.2, 0) is 9.67 Å². The second-order valence-corrected chi connectivity index (χ2v) is 3.94. The van der Waals surface area contributed by atoms with Gasteiger partial charge in [0, 0.05) is 0 Å². The molecule has 0 saturated heterocycles. The van der Waals surface area contributed by atoms with Crippen molar-refractivity contribution in [3.05, 3.63) is 35.4 Å². The molecule has 13 heavy (non-hydrogen) atoms. The summed E-state index contributed by atoms with van der Waals surface area (Å²) in [7, 11) is 0. The number of primary amides is 1. The average Bonchev–Trinajstić information content (AvgIpc) is 2.04. The van der Waals surface area contributed by atoms with Gasteiger partial charge < -0.3 is 5.73 Å². The van der Waals surface area contributed by atoms with Crippen molar-refractivity contribution in [2.45, 2.75) is 18.7 Å². The molecule has 1 atom stereocenters. The van der Waals surface area contributed by atoms with Gasteiger partial charge in [0.05, 0.1) is 0 Å². The summed E-state index contributed by atoms with van der Waals surface area (Å²) in [6, 6.07) is 7.45. The molecule has 0 aliphatic carbocycles. The number of amides is 1. The lowest BCUT2D eigenvalue weighted by Gasteiger charge is -2.20. The molecule has 0 bridgehead atoms. The maximum absolute atomic E-state index is 11.1. The van der Waals surface area contributed by atoms with Crippen LogP contribution in [-0.4, -0.2) is 5.91 Å². The number of alkyl halides is 1. The molecule has 0 fully saturated rings. The number of aryl methyl sites for hydroxylation is 1. The first kappa shape index (κ1) is 10.1. The Hall–Kier alpha value is -1.02. The lowest BCUT2D eigenvalue weighted by molar-refractivity contribution is -0.120. The lowest BCUT2D eigenvalue weighted by Crippen LogP contribution is -2.33. The molecule has 1 amide bonds. The van der Waals surface area contributed by atoms with Gasteiger partial charge in [0.15, 0.2) is 0 Å². The van der Waals surface area contributed by atoms with Crippen LogP contribution in [0.15, 0.2) is 24.3 Å². The van der Waals surface area contributed by atoms with Gasteiger partial charge in [-0.1, -0.05) is 24.3 Å². The molecule has 0 radical (unpaired) electrons. The van der Waals surface area contributed by atoms with Gasteiger partial charge in [-0.05, 0) is 25.0 Å². The summed E-state index contributed by atoms with van der Waals surface area (Å²) in [5.74, 6) is -0.525. The highest BCUT2D eigenvalue weighted by molar-refractivity contribution is 6.34. The molecule has 2 N–H and O–H groups in total. The Bertz CT molecular complexity index is 333. The van der Waals surface area contributed by atoms with Crippen LogP contribution in [0.4, 0.5) is 0 Å². The number of carbonyl (C=O) groups excluding carboxylic acids is 1. The highest BCUT2D eigenvalue weighted by Gasteiger charge is 2.31. The van der Waals surface area contributed by atoms with Crippen molar-refractivity contribution >= 4 is 17.5 Å². The van der Waals surface area contributed by atoms with Crippen molar-refractivity contribution in [1.82, 2.24) is 0 Å². The van der Waals surface area contributed by atoms with Crippen molar-refractivity contribution < 1.29 is 4.79 Å². The third-order valence-corrected chi connectivity index (χ3v) is 2.50. The quantitative estimate of drug-likeness (QED) is 0.724. The summed E-state index contributed by atoms with van der Waals surface area (Å²) in [6.07, 6.45) is 0. The SMILES string of the molecule is Cc1ccccc1C(C)(Cl)C(N)=O. The molecule has 1 aromatic rings. The zero-order chi connectivity index (χ0) is 10.1. The van der Waals surface area contributed by atoms with Crippen molar-refractivity contribution in [3.63, 3.8) is 0 Å². The summed E-state index contributed by atoms with van der Waals surface area (Å²) in [4.78, 5) is 9.96. The van der Waals surface area contributed by atoms with Crippen LogP contribution in [0, 0.1) is 6.92 Å². The largest absolute Gasteiger partial charge is 0.368 e. The number of carbonyl (C=O) groups is 1. The van der Waals surface area contributed by atoms with Gasteiger partial charge in [-0.15, -0.1) is 11.6 Å². The van der Waals surface area contributed by atoms with Gasteiger partial charge in [0.1, 0.15) is 4.87 Å². The Morgan fingerprint density at radius 3 is 2.46 bits per heavy atom. The molecule has 0 spiro atoms. The van der Waals surface area contributed by atoms with Crippen LogP contribution in [0.3, 0.4) is 0 Å². The summed E-state index contributed by atoms with van der Waals surface area (Å²) in [6.45, 7) is 3.51. The van der Waals surface area contributed by atoms with E-state index in [4.69, 9.17) is 17.3 Å². The topological polar surface area (TPSA) is 43.1 Å². The van der Waals surface area contributed by atoms with Gasteiger partial charge in [-0.3, -0.25) is 4.79 Å². The minimum Gasteiger partial charge on any atom is -0.368 e. The van der Waals surface area contributed by atoms with E-state index in [1.807, 2.05) is 31.2 Å². The first-order chi connectivity index (χ1) is 5.96. The van der Waals surface area contributed by atoms with Crippen molar-refractivity contribution in [1.29, 1.82) is 0 Å². The summed E-state index contributed by atoms with van der Waals surface area (Å²) < 4.78 is 0. The molecule has 2 nitrogen and oxygen atoms in total. The fraction of sp³-hybridized carbons (Fsp3) is 0.300. The van der Waals surface area contributed by atoms with Gasteiger partial charge in [-0.2, -0.15) is 0 Å². The highest BCUT2D eigenvalue weighted by atomic mass is 35.5. The Morgan fingerprint density at radius 2 is 2.00 bits per heavy atom. The Labute approximate surface area is 82.7 Å². The van der Waals surface area contributed by atoms with E-state index in [0.29, 0.717) is 0 Å². The summed E-state index contributed by atoms with van der Waals surface area (Å²) in [5, 5.41) is 0. The van der Waals surface area contributed by atoms with E-state index < -0.39 is 10.8 Å². The van der Waals surface area contributed by atoms with Crippen molar-refractivity contribution in [2.24, 2.45) is 5.73 Å². The Balaban J connectivity index is 3.22. The molecule has 70 valence electrons. The van der Waals surface area contributed by atoms with Crippen LogP contribution in [0.2, 0.25) is 0 Å². The molecule has 1 rings (SSSR count). The van der Waals surface area contributed by atoms with Crippen LogP contribution in [0.1, 0.15) is 18.1 Å². The van der Waals surface area contributed by atoms with E-state index >= 15 is 0 Å². The zero-order valence-corrected chi connectivity index (χ0v) is 8.43. The fourth-order valence-corrected chi connectivity index (χ4v) is 1.44. The summed E-state index contributed by atoms with van der Waals surface area (Å²) >= 11 is 6.03. The molecule has 0 saturated carbocycles. The molecule has 1 aromatic carbocycles. The second kappa shape index (κ2) is 3.38. The summed E-state index contributed by atoms with van der Waals surface area (Å²) in [5.41, 5.74) is 6.94. The van der Waals surface area contributed by atoms with Crippen LogP contribution < -0.4 is 5.73 Å². The minimum atomic E-state index is -1.11. The predicted molar refractivity (Wildman–Crippen MR) is 53.6 cm³/mol. The van der Waals surface area contributed by atoms with Gasteiger partial charge in [0.25, 0.3) is 0 Å². The molecule has 0 aromatic heterocycles. The normalized spacial score (nSPS) is 15.0. The predicted octanol–water partition coefficient (Wildman–Crippen LogP) is 1.93. The van der Waals surface area contributed by atoms with E-state index in [2.05, 4.69) is 0 Å². The van der Waals surface area contributed by atoms with Gasteiger partial charge in [0.2, 0.25) is 5.91 Å². The molecular formula is C10H12ClNO. The van der Waals surface area contributed by atoms with Crippen LogP contribution in [0.5, 0.6) is 0 Å². The molecule has 1 unspecified atom stereocenters. The molecule has 0 heterocycles. The number of halogens is 1.